The predicted octanol–water partition coefficient (Wildman–Crippen LogP) is 3.28. The Hall–Kier alpha value is -1.88. The molecule has 3 nitrogen and oxygen atoms in total. The van der Waals surface area contributed by atoms with Crippen molar-refractivity contribution in [2.24, 2.45) is 0 Å². The van der Waals surface area contributed by atoms with Crippen molar-refractivity contribution >= 4 is 27.4 Å². The van der Waals surface area contributed by atoms with Crippen LogP contribution in [0.3, 0.4) is 0 Å². The number of hydrogen-bond acceptors (Lipinski definition) is 4. The van der Waals surface area contributed by atoms with Gasteiger partial charge in [-0.1, -0.05) is 23.5 Å². The molecule has 2 N–H and O–H groups in total. The Morgan fingerprint density at radius 2 is 2.25 bits per heavy atom. The summed E-state index contributed by atoms with van der Waals surface area (Å²) in [4.78, 5) is 4.73. The van der Waals surface area contributed by atoms with E-state index in [0.717, 1.165) is 10.3 Å². The molecule has 0 unspecified atom stereocenters. The lowest BCUT2D eigenvalue weighted by molar-refractivity contribution is 0.569. The average molecular weight is 234 g/mol. The van der Waals surface area contributed by atoms with Crippen LogP contribution < -0.4 is 5.73 Å². The highest BCUT2D eigenvalue weighted by molar-refractivity contribution is 7.18. The fourth-order valence-electron chi connectivity index (χ4n) is 1.55. The van der Waals surface area contributed by atoms with Crippen molar-refractivity contribution in [2.75, 3.05) is 5.73 Å². The topological polar surface area (TPSA) is 52.0 Å². The molecule has 0 aliphatic carbocycles. The second-order valence-electron chi connectivity index (χ2n) is 3.33. The smallest absolute Gasteiger partial charge is 0.180 e. The molecule has 0 fully saturated rings. The van der Waals surface area contributed by atoms with Crippen LogP contribution in [-0.2, 0) is 0 Å². The normalized spacial score (nSPS) is 11.1. The van der Waals surface area contributed by atoms with E-state index >= 15 is 0 Å². The molecule has 5 heteroatoms. The van der Waals surface area contributed by atoms with Gasteiger partial charge in [-0.05, 0) is 12.1 Å². The van der Waals surface area contributed by atoms with E-state index in [1.165, 1.54) is 17.4 Å². The van der Waals surface area contributed by atoms with Crippen LogP contribution >= 0.6 is 11.3 Å². The van der Waals surface area contributed by atoms with E-state index in [4.69, 9.17) is 10.2 Å². The molecular weight excluding hydrogens is 227 g/mol. The van der Waals surface area contributed by atoms with Crippen LogP contribution in [0.1, 0.15) is 0 Å². The third-order valence-electron chi connectivity index (χ3n) is 2.26. The second kappa shape index (κ2) is 3.31. The molecule has 3 aromatic rings. The molecule has 16 heavy (non-hydrogen) atoms. The van der Waals surface area contributed by atoms with Gasteiger partial charge in [0.05, 0.1) is 11.1 Å². The first-order valence-electron chi connectivity index (χ1n) is 4.64. The number of anilines is 1. The van der Waals surface area contributed by atoms with Gasteiger partial charge in [-0.3, -0.25) is 0 Å². The lowest BCUT2D eigenvalue weighted by Crippen LogP contribution is -1.77. The van der Waals surface area contributed by atoms with Gasteiger partial charge in [0.15, 0.2) is 16.5 Å². The third kappa shape index (κ3) is 1.37. The lowest BCUT2D eigenvalue weighted by atomic mass is 10.2. The van der Waals surface area contributed by atoms with Gasteiger partial charge in [-0.2, -0.15) is 0 Å². The Morgan fingerprint density at radius 3 is 2.94 bits per heavy atom. The number of halogens is 1. The average Bonchev–Trinajstić information content (AvgIpc) is 2.84. The van der Waals surface area contributed by atoms with Gasteiger partial charge >= 0.3 is 0 Å². The minimum atomic E-state index is -0.360. The highest BCUT2D eigenvalue weighted by atomic mass is 32.1. The van der Waals surface area contributed by atoms with Gasteiger partial charge in [0.1, 0.15) is 5.76 Å². The fraction of sp³-hybridized carbons (Fsp3) is 0. The third-order valence-corrected chi connectivity index (χ3v) is 3.10. The number of fused-ring (bicyclic) bond motifs is 1. The Morgan fingerprint density at radius 1 is 1.38 bits per heavy atom. The highest BCUT2D eigenvalue weighted by Gasteiger charge is 2.11. The first-order valence-corrected chi connectivity index (χ1v) is 5.45. The number of nitrogens with two attached hydrogens (primary N) is 1. The Kier molecular flexibility index (Phi) is 1.94. The molecule has 0 aliphatic rings. The zero-order chi connectivity index (χ0) is 11.1. The van der Waals surface area contributed by atoms with E-state index in [0.29, 0.717) is 10.9 Å². The van der Waals surface area contributed by atoms with Crippen molar-refractivity contribution in [3.63, 3.8) is 0 Å². The largest absolute Gasteiger partial charge is 0.452 e. The zero-order valence-electron chi connectivity index (χ0n) is 8.11. The van der Waals surface area contributed by atoms with Crippen molar-refractivity contribution < 1.29 is 8.81 Å². The number of rotatable bonds is 1. The second-order valence-corrected chi connectivity index (χ2v) is 4.39. The summed E-state index contributed by atoms with van der Waals surface area (Å²) in [5, 5.41) is 1.21. The number of nitrogen functional groups attached to an aromatic ring is 1. The molecular formula is C11H7FN2OS. The van der Waals surface area contributed by atoms with E-state index < -0.39 is 0 Å². The summed E-state index contributed by atoms with van der Waals surface area (Å²) in [7, 11) is 0. The van der Waals surface area contributed by atoms with Gasteiger partial charge in [-0.25, -0.2) is 9.37 Å². The highest BCUT2D eigenvalue weighted by Crippen LogP contribution is 2.33. The standard InChI is InChI=1S/C11H7FN2OS/c12-7-3-1-2-6-4-8(15-10(6)7)9-5-14-11(13)16-9/h1-5H,(H2,13,14). The summed E-state index contributed by atoms with van der Waals surface area (Å²) in [6.45, 7) is 0. The summed E-state index contributed by atoms with van der Waals surface area (Å²) in [6, 6.07) is 6.61. The molecule has 0 atom stereocenters. The molecule has 0 spiro atoms. The predicted molar refractivity (Wildman–Crippen MR) is 61.7 cm³/mol. The maximum Gasteiger partial charge on any atom is 0.180 e. The molecule has 2 heterocycles. The van der Waals surface area contributed by atoms with Crippen LogP contribution in [0.5, 0.6) is 0 Å². The molecule has 0 saturated heterocycles. The molecule has 3 rings (SSSR count). The molecule has 0 amide bonds. The van der Waals surface area contributed by atoms with E-state index in [2.05, 4.69) is 4.98 Å². The maximum absolute atomic E-state index is 13.4. The minimum Gasteiger partial charge on any atom is -0.452 e. The van der Waals surface area contributed by atoms with Gasteiger partial charge in [0.25, 0.3) is 0 Å². The van der Waals surface area contributed by atoms with Gasteiger partial charge in [0, 0.05) is 5.39 Å². The quantitative estimate of drug-likeness (QED) is 0.703. The first kappa shape index (κ1) is 9.35. The molecule has 2 aromatic heterocycles. The number of thiazole rings is 1. The van der Waals surface area contributed by atoms with E-state index in [1.807, 2.05) is 0 Å². The van der Waals surface area contributed by atoms with Crippen LogP contribution in [0.4, 0.5) is 9.52 Å². The van der Waals surface area contributed by atoms with E-state index in [-0.39, 0.29) is 11.4 Å². The number of aromatic nitrogens is 1. The molecule has 0 radical (unpaired) electrons. The molecule has 0 aliphatic heterocycles. The van der Waals surface area contributed by atoms with Gasteiger partial charge < -0.3 is 10.2 Å². The number of benzene rings is 1. The number of nitrogens with zero attached hydrogens (tertiary/aromatic N) is 1. The van der Waals surface area contributed by atoms with Crippen LogP contribution in [0, 0.1) is 5.82 Å². The molecule has 0 bridgehead atoms. The van der Waals surface area contributed by atoms with Crippen molar-refractivity contribution in [1.82, 2.24) is 4.98 Å². The monoisotopic (exact) mass is 234 g/mol. The summed E-state index contributed by atoms with van der Waals surface area (Å²) >= 11 is 1.31. The summed E-state index contributed by atoms with van der Waals surface area (Å²) in [5.74, 6) is 0.232. The molecule has 80 valence electrons. The van der Waals surface area contributed by atoms with Gasteiger partial charge in [-0.15, -0.1) is 0 Å². The van der Waals surface area contributed by atoms with Crippen LogP contribution in [0.2, 0.25) is 0 Å². The van der Waals surface area contributed by atoms with Gasteiger partial charge in [0.2, 0.25) is 0 Å². The minimum absolute atomic E-state index is 0.268. The zero-order valence-corrected chi connectivity index (χ0v) is 8.92. The van der Waals surface area contributed by atoms with E-state index in [9.17, 15) is 4.39 Å². The van der Waals surface area contributed by atoms with Crippen LogP contribution in [0.25, 0.3) is 21.6 Å². The van der Waals surface area contributed by atoms with Crippen molar-refractivity contribution in [2.45, 2.75) is 0 Å². The summed E-state index contributed by atoms with van der Waals surface area (Å²) < 4.78 is 18.8. The number of para-hydroxylation sites is 1. The van der Waals surface area contributed by atoms with Crippen LogP contribution in [-0.4, -0.2) is 4.98 Å². The molecule has 1 aromatic carbocycles. The maximum atomic E-state index is 13.4. The Labute approximate surface area is 94.3 Å². The first-order chi connectivity index (χ1) is 7.74. The van der Waals surface area contributed by atoms with E-state index in [1.54, 1.807) is 24.4 Å². The lowest BCUT2D eigenvalue weighted by Gasteiger charge is -1.88. The number of hydrogen-bond donors (Lipinski definition) is 1. The summed E-state index contributed by atoms with van der Waals surface area (Å²) in [5.41, 5.74) is 5.80. The van der Waals surface area contributed by atoms with Crippen molar-refractivity contribution in [3.05, 3.63) is 36.3 Å². The molecule has 0 saturated carbocycles. The van der Waals surface area contributed by atoms with Crippen LogP contribution in [0.15, 0.2) is 34.9 Å². The Balaban J connectivity index is 2.22. The van der Waals surface area contributed by atoms with Crippen molar-refractivity contribution in [3.8, 4) is 10.6 Å². The SMILES string of the molecule is Nc1ncc(-c2cc3cccc(F)c3o2)s1. The van der Waals surface area contributed by atoms with Crippen molar-refractivity contribution in [1.29, 1.82) is 0 Å². The Bertz CT molecular complexity index is 659. The number of furan rings is 1. The summed E-state index contributed by atoms with van der Waals surface area (Å²) in [6.07, 6.45) is 1.62. The fourth-order valence-corrected chi connectivity index (χ4v) is 2.19.